The lowest BCUT2D eigenvalue weighted by Gasteiger charge is -2.12. The summed E-state index contributed by atoms with van der Waals surface area (Å²) in [5, 5.41) is 0.0649. The van der Waals surface area contributed by atoms with Crippen molar-refractivity contribution in [1.29, 1.82) is 0 Å². The van der Waals surface area contributed by atoms with Crippen LogP contribution in [0.2, 0.25) is 5.02 Å². The second kappa shape index (κ2) is 6.07. The van der Waals surface area contributed by atoms with Crippen LogP contribution in [0.1, 0.15) is 23.4 Å². The molecule has 0 saturated heterocycles. The molecule has 0 aliphatic rings. The lowest BCUT2D eigenvalue weighted by Crippen LogP contribution is -2.06. The van der Waals surface area contributed by atoms with Crippen LogP contribution in [0.5, 0.6) is 0 Å². The van der Waals surface area contributed by atoms with E-state index in [1.165, 1.54) is 18.0 Å². The molecule has 2 aromatic heterocycles. The van der Waals surface area contributed by atoms with Crippen LogP contribution >= 0.6 is 23.4 Å². The van der Waals surface area contributed by atoms with Crippen molar-refractivity contribution in [2.45, 2.75) is 23.4 Å². The topological polar surface area (TPSA) is 64.7 Å². The molecule has 0 saturated carbocycles. The van der Waals surface area contributed by atoms with E-state index in [1.807, 2.05) is 6.92 Å². The number of pyridine rings is 1. The Balaban J connectivity index is 2.20. The minimum Gasteiger partial charge on any atom is -0.368 e. The average molecular weight is 335 g/mol. The number of halogens is 4. The number of aromatic nitrogens is 3. The largest absolute Gasteiger partial charge is 0.417 e. The lowest BCUT2D eigenvalue weighted by molar-refractivity contribution is -0.137. The molecular weight excluding hydrogens is 325 g/mol. The highest BCUT2D eigenvalue weighted by molar-refractivity contribution is 7.99. The van der Waals surface area contributed by atoms with E-state index in [0.29, 0.717) is 10.7 Å². The molecule has 1 atom stereocenters. The zero-order valence-corrected chi connectivity index (χ0v) is 12.3. The first-order valence-electron chi connectivity index (χ1n) is 5.75. The Morgan fingerprint density at radius 2 is 2.05 bits per heavy atom. The molecule has 0 aromatic carbocycles. The van der Waals surface area contributed by atoms with Gasteiger partial charge in [-0.1, -0.05) is 23.4 Å². The first-order chi connectivity index (χ1) is 9.77. The highest BCUT2D eigenvalue weighted by atomic mass is 35.5. The van der Waals surface area contributed by atoms with Gasteiger partial charge >= 0.3 is 6.18 Å². The maximum absolute atomic E-state index is 12.5. The number of thioether (sulfide) groups is 1. The fraction of sp³-hybridized carbons (Fsp3) is 0.250. The van der Waals surface area contributed by atoms with E-state index in [-0.39, 0.29) is 16.2 Å². The van der Waals surface area contributed by atoms with Crippen molar-refractivity contribution in [2.75, 3.05) is 5.73 Å². The van der Waals surface area contributed by atoms with Gasteiger partial charge in [-0.2, -0.15) is 13.2 Å². The fourth-order valence-electron chi connectivity index (χ4n) is 1.51. The van der Waals surface area contributed by atoms with Gasteiger partial charge in [0.05, 0.1) is 21.5 Å². The van der Waals surface area contributed by atoms with E-state index in [2.05, 4.69) is 15.0 Å². The maximum atomic E-state index is 12.5. The molecule has 0 aliphatic heterocycles. The molecule has 2 N–H and O–H groups in total. The fourth-order valence-corrected chi connectivity index (χ4v) is 2.68. The first-order valence-corrected chi connectivity index (χ1v) is 7.01. The summed E-state index contributed by atoms with van der Waals surface area (Å²) in [6.45, 7) is 1.82. The van der Waals surface area contributed by atoms with E-state index >= 15 is 0 Å². The molecule has 0 fully saturated rings. The number of alkyl halides is 3. The van der Waals surface area contributed by atoms with Gasteiger partial charge in [0, 0.05) is 12.4 Å². The zero-order valence-electron chi connectivity index (χ0n) is 10.7. The predicted molar refractivity (Wildman–Crippen MR) is 75.0 cm³/mol. The van der Waals surface area contributed by atoms with Crippen LogP contribution in [0.25, 0.3) is 0 Å². The molecule has 0 amide bonds. The van der Waals surface area contributed by atoms with E-state index in [0.717, 1.165) is 12.3 Å². The Morgan fingerprint density at radius 1 is 1.33 bits per heavy atom. The van der Waals surface area contributed by atoms with Gasteiger partial charge in [0.15, 0.2) is 0 Å². The first kappa shape index (κ1) is 15.8. The van der Waals surface area contributed by atoms with Crippen LogP contribution in [0.4, 0.5) is 19.1 Å². The van der Waals surface area contributed by atoms with Crippen molar-refractivity contribution in [3.05, 3.63) is 40.8 Å². The lowest BCUT2D eigenvalue weighted by atomic mass is 10.3. The Kier molecular flexibility index (Phi) is 4.58. The highest BCUT2D eigenvalue weighted by Gasteiger charge is 2.31. The summed E-state index contributed by atoms with van der Waals surface area (Å²) in [4.78, 5) is 11.6. The smallest absolute Gasteiger partial charge is 0.368 e. The minimum atomic E-state index is -4.47. The third-order valence-corrected chi connectivity index (χ3v) is 4.08. The van der Waals surface area contributed by atoms with E-state index < -0.39 is 11.7 Å². The van der Waals surface area contributed by atoms with Gasteiger partial charge in [0.2, 0.25) is 5.95 Å². The van der Waals surface area contributed by atoms with Crippen molar-refractivity contribution in [3.8, 4) is 0 Å². The van der Waals surface area contributed by atoms with E-state index in [9.17, 15) is 13.2 Å². The molecule has 0 bridgehead atoms. The molecular formula is C12H10ClF3N4S. The van der Waals surface area contributed by atoms with Crippen LogP contribution in [-0.4, -0.2) is 15.0 Å². The Labute approximate surface area is 128 Å². The number of nitrogens with two attached hydrogens (primary N) is 1. The van der Waals surface area contributed by atoms with Gasteiger partial charge in [-0.05, 0) is 19.1 Å². The number of nitrogen functional groups attached to an aromatic ring is 1. The van der Waals surface area contributed by atoms with Crippen molar-refractivity contribution in [3.63, 3.8) is 0 Å². The Morgan fingerprint density at radius 3 is 2.62 bits per heavy atom. The summed E-state index contributed by atoms with van der Waals surface area (Å²) in [6.07, 6.45) is -2.20. The number of nitrogens with zero attached hydrogens (tertiary/aromatic N) is 3. The van der Waals surface area contributed by atoms with E-state index in [1.54, 1.807) is 6.07 Å². The van der Waals surface area contributed by atoms with Gasteiger partial charge in [0.25, 0.3) is 0 Å². The second-order valence-corrected chi connectivity index (χ2v) is 5.85. The van der Waals surface area contributed by atoms with E-state index in [4.69, 9.17) is 17.3 Å². The highest BCUT2D eigenvalue weighted by Crippen LogP contribution is 2.38. The predicted octanol–water partition coefficient (Wildman–Crippen LogP) is 3.98. The molecule has 0 unspecified atom stereocenters. The molecule has 9 heteroatoms. The molecule has 2 rings (SSSR count). The summed E-state index contributed by atoms with van der Waals surface area (Å²) in [5.41, 5.74) is 5.25. The van der Waals surface area contributed by atoms with Gasteiger partial charge in [-0.15, -0.1) is 0 Å². The number of hydrogen-bond acceptors (Lipinski definition) is 5. The van der Waals surface area contributed by atoms with Crippen LogP contribution in [0.3, 0.4) is 0 Å². The summed E-state index contributed by atoms with van der Waals surface area (Å²) in [6, 6.07) is 2.53. The molecule has 0 spiro atoms. The standard InChI is InChI=1S/C12H10ClF3N4S/c1-6(9-2-3-18-11(17)20-9)21-10-8(13)4-7(5-19-10)12(14,15)16/h2-6H,1H3,(H2,17,18,20)/t6-/m1/s1. The van der Waals surface area contributed by atoms with Crippen molar-refractivity contribution in [2.24, 2.45) is 0 Å². The molecule has 21 heavy (non-hydrogen) atoms. The molecule has 0 radical (unpaired) electrons. The SMILES string of the molecule is C[C@@H](Sc1ncc(C(F)(F)F)cc1Cl)c1ccnc(N)n1. The normalized spacial score (nSPS) is 13.2. The van der Waals surface area contributed by atoms with Crippen molar-refractivity contribution in [1.82, 2.24) is 15.0 Å². The third-order valence-electron chi connectivity index (χ3n) is 2.54. The molecule has 2 heterocycles. The quantitative estimate of drug-likeness (QED) is 0.860. The number of anilines is 1. The Bertz CT molecular complexity index is 651. The van der Waals surface area contributed by atoms with Gasteiger partial charge in [0.1, 0.15) is 5.03 Å². The van der Waals surface area contributed by atoms with Crippen LogP contribution < -0.4 is 5.73 Å². The summed E-state index contributed by atoms with van der Waals surface area (Å²) in [7, 11) is 0. The summed E-state index contributed by atoms with van der Waals surface area (Å²) < 4.78 is 37.6. The van der Waals surface area contributed by atoms with Crippen molar-refractivity contribution < 1.29 is 13.2 Å². The number of hydrogen-bond donors (Lipinski definition) is 1. The second-order valence-electron chi connectivity index (χ2n) is 4.11. The average Bonchev–Trinajstić information content (AvgIpc) is 2.39. The van der Waals surface area contributed by atoms with Crippen LogP contribution in [0, 0.1) is 0 Å². The van der Waals surface area contributed by atoms with Crippen LogP contribution in [-0.2, 0) is 6.18 Å². The summed E-state index contributed by atoms with van der Waals surface area (Å²) in [5.74, 6) is 0.131. The van der Waals surface area contributed by atoms with Gasteiger partial charge < -0.3 is 5.73 Å². The monoisotopic (exact) mass is 334 g/mol. The Hall–Kier alpha value is -1.54. The zero-order chi connectivity index (χ0) is 15.6. The molecule has 4 nitrogen and oxygen atoms in total. The molecule has 112 valence electrons. The minimum absolute atomic E-state index is 0.0521. The molecule has 2 aromatic rings. The number of rotatable bonds is 3. The third kappa shape index (κ3) is 3.98. The van der Waals surface area contributed by atoms with Crippen molar-refractivity contribution >= 4 is 29.3 Å². The summed E-state index contributed by atoms with van der Waals surface area (Å²) >= 11 is 7.05. The molecule has 0 aliphatic carbocycles. The maximum Gasteiger partial charge on any atom is 0.417 e. The van der Waals surface area contributed by atoms with Gasteiger partial charge in [-0.3, -0.25) is 0 Å². The van der Waals surface area contributed by atoms with Gasteiger partial charge in [-0.25, -0.2) is 15.0 Å². The van der Waals surface area contributed by atoms with Crippen LogP contribution in [0.15, 0.2) is 29.6 Å².